The maximum absolute atomic E-state index is 12.7. The monoisotopic (exact) mass is 342 g/mol. The lowest BCUT2D eigenvalue weighted by Crippen LogP contribution is -2.37. The highest BCUT2D eigenvalue weighted by atomic mass is 35.5. The standard InChI is InChI=1S/C19H19ClN2O2/c1-21(13-14-6-5-7-15(20)12-14)18(23)17-10-11-22(19(17)24)16-8-3-2-4-9-16/h2-9,12,17H,10-11,13H2,1H3. The first kappa shape index (κ1) is 16.5. The summed E-state index contributed by atoms with van der Waals surface area (Å²) in [5.41, 5.74) is 1.79. The number of rotatable bonds is 4. The molecule has 1 heterocycles. The molecule has 0 saturated carbocycles. The summed E-state index contributed by atoms with van der Waals surface area (Å²) in [5.74, 6) is -0.864. The third kappa shape index (κ3) is 3.44. The molecule has 1 fully saturated rings. The summed E-state index contributed by atoms with van der Waals surface area (Å²) >= 11 is 5.98. The van der Waals surface area contributed by atoms with Gasteiger partial charge in [0.15, 0.2) is 0 Å². The van der Waals surface area contributed by atoms with E-state index in [0.717, 1.165) is 11.3 Å². The molecule has 3 rings (SSSR count). The Morgan fingerprint density at radius 3 is 2.67 bits per heavy atom. The van der Waals surface area contributed by atoms with Gasteiger partial charge in [-0.25, -0.2) is 0 Å². The Balaban J connectivity index is 1.68. The fourth-order valence-electron chi connectivity index (χ4n) is 3.03. The van der Waals surface area contributed by atoms with Crippen LogP contribution in [0.4, 0.5) is 5.69 Å². The molecule has 0 aromatic heterocycles. The lowest BCUT2D eigenvalue weighted by molar-refractivity contribution is -0.139. The molecule has 1 unspecified atom stereocenters. The lowest BCUT2D eigenvalue weighted by atomic mass is 10.1. The summed E-state index contributed by atoms with van der Waals surface area (Å²) in [5, 5.41) is 0.639. The van der Waals surface area contributed by atoms with E-state index in [0.29, 0.717) is 24.5 Å². The molecular formula is C19H19ClN2O2. The van der Waals surface area contributed by atoms with Crippen LogP contribution in [0, 0.1) is 5.92 Å². The van der Waals surface area contributed by atoms with Crippen molar-refractivity contribution >= 4 is 29.1 Å². The summed E-state index contributed by atoms with van der Waals surface area (Å²) in [7, 11) is 1.72. The normalized spacial score (nSPS) is 17.2. The molecule has 124 valence electrons. The number of halogens is 1. The van der Waals surface area contributed by atoms with Crippen molar-refractivity contribution in [3.8, 4) is 0 Å². The minimum atomic E-state index is -0.602. The second kappa shape index (κ2) is 7.05. The molecule has 2 amide bonds. The van der Waals surface area contributed by atoms with Crippen LogP contribution in [0.5, 0.6) is 0 Å². The van der Waals surface area contributed by atoms with Crippen LogP contribution in [0.15, 0.2) is 54.6 Å². The van der Waals surface area contributed by atoms with Gasteiger partial charge < -0.3 is 9.80 Å². The first-order valence-corrected chi connectivity index (χ1v) is 8.30. The van der Waals surface area contributed by atoms with Gasteiger partial charge >= 0.3 is 0 Å². The number of hydrogen-bond acceptors (Lipinski definition) is 2. The van der Waals surface area contributed by atoms with E-state index in [2.05, 4.69) is 0 Å². The Morgan fingerprint density at radius 1 is 1.21 bits per heavy atom. The number of nitrogens with zero attached hydrogens (tertiary/aromatic N) is 2. The maximum atomic E-state index is 12.7. The van der Waals surface area contributed by atoms with Gasteiger partial charge in [-0.05, 0) is 36.2 Å². The third-order valence-corrected chi connectivity index (χ3v) is 4.49. The summed E-state index contributed by atoms with van der Waals surface area (Å²) in [6.07, 6.45) is 0.548. The van der Waals surface area contributed by atoms with Gasteiger partial charge in [0, 0.05) is 30.8 Å². The largest absolute Gasteiger partial charge is 0.341 e. The molecule has 0 N–H and O–H groups in total. The molecule has 0 spiro atoms. The van der Waals surface area contributed by atoms with Crippen LogP contribution in [0.25, 0.3) is 0 Å². The van der Waals surface area contributed by atoms with Crippen LogP contribution in [-0.2, 0) is 16.1 Å². The number of para-hydroxylation sites is 1. The molecule has 0 radical (unpaired) electrons. The van der Waals surface area contributed by atoms with E-state index < -0.39 is 5.92 Å². The molecule has 0 bridgehead atoms. The van der Waals surface area contributed by atoms with Crippen molar-refractivity contribution in [1.82, 2.24) is 4.90 Å². The Labute approximate surface area is 146 Å². The topological polar surface area (TPSA) is 40.6 Å². The Morgan fingerprint density at radius 2 is 1.96 bits per heavy atom. The molecular weight excluding hydrogens is 324 g/mol. The van der Waals surface area contributed by atoms with Gasteiger partial charge in [0.25, 0.3) is 0 Å². The Kier molecular flexibility index (Phi) is 4.86. The number of hydrogen-bond donors (Lipinski definition) is 0. The fraction of sp³-hybridized carbons (Fsp3) is 0.263. The van der Waals surface area contributed by atoms with Crippen molar-refractivity contribution in [3.05, 3.63) is 65.2 Å². The molecule has 1 saturated heterocycles. The van der Waals surface area contributed by atoms with Gasteiger partial charge in [-0.15, -0.1) is 0 Å². The van der Waals surface area contributed by atoms with E-state index in [9.17, 15) is 9.59 Å². The van der Waals surface area contributed by atoms with Gasteiger partial charge in [-0.3, -0.25) is 9.59 Å². The van der Waals surface area contributed by atoms with Gasteiger partial charge in [-0.2, -0.15) is 0 Å². The molecule has 1 aliphatic heterocycles. The van der Waals surface area contributed by atoms with E-state index in [4.69, 9.17) is 11.6 Å². The van der Waals surface area contributed by atoms with E-state index in [1.165, 1.54) is 0 Å². The molecule has 5 heteroatoms. The highest BCUT2D eigenvalue weighted by Crippen LogP contribution is 2.26. The number of carbonyl (C=O) groups is 2. The third-order valence-electron chi connectivity index (χ3n) is 4.26. The van der Waals surface area contributed by atoms with Gasteiger partial charge in [0.2, 0.25) is 11.8 Å². The van der Waals surface area contributed by atoms with Crippen molar-refractivity contribution in [2.45, 2.75) is 13.0 Å². The van der Waals surface area contributed by atoms with Gasteiger partial charge in [-0.1, -0.05) is 41.9 Å². The van der Waals surface area contributed by atoms with Crippen molar-refractivity contribution < 1.29 is 9.59 Å². The molecule has 2 aromatic carbocycles. The smallest absolute Gasteiger partial charge is 0.239 e. The molecule has 4 nitrogen and oxygen atoms in total. The van der Waals surface area contributed by atoms with Gasteiger partial charge in [0.1, 0.15) is 5.92 Å². The number of anilines is 1. The zero-order chi connectivity index (χ0) is 17.1. The summed E-state index contributed by atoms with van der Waals surface area (Å²) in [4.78, 5) is 28.6. The summed E-state index contributed by atoms with van der Waals surface area (Å²) in [6.45, 7) is 1.01. The first-order valence-electron chi connectivity index (χ1n) is 7.92. The average molecular weight is 343 g/mol. The van der Waals surface area contributed by atoms with Crippen LogP contribution in [0.1, 0.15) is 12.0 Å². The first-order chi connectivity index (χ1) is 11.6. The SMILES string of the molecule is CN(Cc1cccc(Cl)c1)C(=O)C1CCN(c2ccccc2)C1=O. The number of benzene rings is 2. The molecule has 24 heavy (non-hydrogen) atoms. The molecule has 1 atom stereocenters. The zero-order valence-corrected chi connectivity index (χ0v) is 14.2. The van der Waals surface area contributed by atoms with E-state index >= 15 is 0 Å². The summed E-state index contributed by atoms with van der Waals surface area (Å²) in [6, 6.07) is 16.9. The lowest BCUT2D eigenvalue weighted by Gasteiger charge is -2.21. The molecule has 1 aliphatic rings. The second-order valence-electron chi connectivity index (χ2n) is 5.99. The van der Waals surface area contributed by atoms with Crippen molar-refractivity contribution in [1.29, 1.82) is 0 Å². The summed E-state index contributed by atoms with van der Waals surface area (Å²) < 4.78 is 0. The maximum Gasteiger partial charge on any atom is 0.239 e. The molecule has 0 aliphatic carbocycles. The Hall–Kier alpha value is -2.33. The number of amides is 2. The van der Waals surface area contributed by atoms with Crippen LogP contribution in [-0.4, -0.2) is 30.3 Å². The number of carbonyl (C=O) groups excluding carboxylic acids is 2. The minimum Gasteiger partial charge on any atom is -0.341 e. The van der Waals surface area contributed by atoms with E-state index in [-0.39, 0.29) is 11.8 Å². The van der Waals surface area contributed by atoms with E-state index in [1.54, 1.807) is 22.9 Å². The Bertz CT molecular complexity index is 748. The fourth-order valence-corrected chi connectivity index (χ4v) is 3.24. The predicted molar refractivity (Wildman–Crippen MR) is 94.8 cm³/mol. The molecule has 2 aromatic rings. The van der Waals surface area contributed by atoms with Crippen LogP contribution < -0.4 is 4.90 Å². The van der Waals surface area contributed by atoms with E-state index in [1.807, 2.05) is 48.5 Å². The van der Waals surface area contributed by atoms with Crippen molar-refractivity contribution in [2.75, 3.05) is 18.5 Å². The van der Waals surface area contributed by atoms with Gasteiger partial charge in [0.05, 0.1) is 0 Å². The average Bonchev–Trinajstić information content (AvgIpc) is 2.96. The van der Waals surface area contributed by atoms with Crippen molar-refractivity contribution in [3.63, 3.8) is 0 Å². The van der Waals surface area contributed by atoms with Crippen LogP contribution in [0.2, 0.25) is 5.02 Å². The zero-order valence-electron chi connectivity index (χ0n) is 13.5. The van der Waals surface area contributed by atoms with Crippen LogP contribution >= 0.6 is 11.6 Å². The minimum absolute atomic E-state index is 0.121. The van der Waals surface area contributed by atoms with Crippen molar-refractivity contribution in [2.24, 2.45) is 5.92 Å². The van der Waals surface area contributed by atoms with Crippen LogP contribution in [0.3, 0.4) is 0 Å². The highest BCUT2D eigenvalue weighted by molar-refractivity contribution is 6.30. The second-order valence-corrected chi connectivity index (χ2v) is 6.43. The predicted octanol–water partition coefficient (Wildman–Crippen LogP) is 3.35. The quantitative estimate of drug-likeness (QED) is 0.799. The highest BCUT2D eigenvalue weighted by Gasteiger charge is 2.38.